The summed E-state index contributed by atoms with van der Waals surface area (Å²) in [6.07, 6.45) is 0.384. The third-order valence-electron chi connectivity index (χ3n) is 10.9. The molecule has 2 heterocycles. The zero-order valence-corrected chi connectivity index (χ0v) is 32.2. The molecule has 1 N–H and O–H groups in total. The van der Waals surface area contributed by atoms with Crippen molar-refractivity contribution in [1.29, 1.82) is 0 Å². The fourth-order valence-corrected chi connectivity index (χ4v) is 15.1. The molecule has 262 valence electrons. The van der Waals surface area contributed by atoms with Crippen LogP contribution in [-0.2, 0) is 29.7 Å². The third kappa shape index (κ3) is 8.08. The monoisotopic (exact) mass is 690 g/mol. The Kier molecular flexibility index (Phi) is 12.2. The molecule has 6 atom stereocenters. The molecule has 0 bridgehead atoms. The van der Waals surface area contributed by atoms with Gasteiger partial charge < -0.3 is 28.2 Å². The average Bonchev–Trinajstić information content (AvgIpc) is 3.77. The minimum atomic E-state index is -2.77. The van der Waals surface area contributed by atoms with Gasteiger partial charge in [0.15, 0.2) is 8.32 Å². The van der Waals surface area contributed by atoms with Crippen LogP contribution in [0.1, 0.15) is 66.9 Å². The lowest BCUT2D eigenvalue weighted by atomic mass is 9.92. The van der Waals surface area contributed by atoms with Crippen molar-refractivity contribution < 1.29 is 28.2 Å². The first-order chi connectivity index (χ1) is 23.0. The van der Waals surface area contributed by atoms with Crippen LogP contribution in [0, 0.1) is 0 Å². The Labute approximate surface area is 291 Å². The molecular formula is C40H58O6Si2. The molecule has 0 radical (unpaired) electrons. The van der Waals surface area contributed by atoms with Crippen LogP contribution in [0.25, 0.3) is 0 Å². The lowest BCUT2D eigenvalue weighted by Crippen LogP contribution is -2.67. The van der Waals surface area contributed by atoms with Gasteiger partial charge in [-0.15, -0.1) is 0 Å². The molecule has 3 aromatic carbocycles. The maximum Gasteiger partial charge on any atom is 0.261 e. The highest BCUT2D eigenvalue weighted by Gasteiger charge is 2.56. The maximum absolute atomic E-state index is 10.1. The topological polar surface area (TPSA) is 69.7 Å². The highest BCUT2D eigenvalue weighted by Crippen LogP contribution is 2.43. The largest absolute Gasteiger partial charge is 0.409 e. The highest BCUT2D eigenvalue weighted by atomic mass is 28.4. The molecular weight excluding hydrogens is 633 g/mol. The number of hydrogen-bond donors (Lipinski definition) is 1. The van der Waals surface area contributed by atoms with Gasteiger partial charge >= 0.3 is 0 Å². The van der Waals surface area contributed by atoms with Crippen LogP contribution >= 0.6 is 0 Å². The van der Waals surface area contributed by atoms with Gasteiger partial charge in [0.05, 0.1) is 50.3 Å². The summed E-state index contributed by atoms with van der Waals surface area (Å²) >= 11 is 0. The Hall–Kier alpha value is -2.15. The fraction of sp³-hybridized carbons (Fsp3) is 0.550. The van der Waals surface area contributed by atoms with Crippen LogP contribution in [0.4, 0.5) is 0 Å². The van der Waals surface area contributed by atoms with Crippen molar-refractivity contribution in [2.75, 3.05) is 13.2 Å². The van der Waals surface area contributed by atoms with Crippen molar-refractivity contribution in [3.05, 3.63) is 96.6 Å². The van der Waals surface area contributed by atoms with Gasteiger partial charge in [-0.3, -0.25) is 0 Å². The second kappa shape index (κ2) is 15.8. The zero-order valence-electron chi connectivity index (χ0n) is 30.2. The van der Waals surface area contributed by atoms with Crippen LogP contribution in [0.15, 0.2) is 91.0 Å². The zero-order chi connectivity index (χ0) is 34.4. The second-order valence-corrected chi connectivity index (χ2v) is 24.0. The summed E-state index contributed by atoms with van der Waals surface area (Å²) in [7, 11) is -4.80. The summed E-state index contributed by atoms with van der Waals surface area (Å²) in [5, 5.41) is 12.4. The van der Waals surface area contributed by atoms with E-state index in [-0.39, 0.29) is 42.2 Å². The van der Waals surface area contributed by atoms with Crippen molar-refractivity contribution in [2.24, 2.45) is 0 Å². The molecule has 8 heteroatoms. The summed E-state index contributed by atoms with van der Waals surface area (Å²) < 4.78 is 34.7. The van der Waals surface area contributed by atoms with Gasteiger partial charge in [0.1, 0.15) is 5.60 Å². The van der Waals surface area contributed by atoms with Crippen molar-refractivity contribution >= 4 is 27.0 Å². The minimum Gasteiger partial charge on any atom is -0.409 e. The molecule has 5 rings (SSSR count). The van der Waals surface area contributed by atoms with E-state index in [1.807, 2.05) is 13.0 Å². The molecule has 0 amide bonds. The van der Waals surface area contributed by atoms with Gasteiger partial charge in [-0.05, 0) is 46.0 Å². The van der Waals surface area contributed by atoms with E-state index in [1.54, 1.807) is 0 Å². The minimum absolute atomic E-state index is 0.0121. The lowest BCUT2D eigenvalue weighted by Gasteiger charge is -2.47. The van der Waals surface area contributed by atoms with Gasteiger partial charge in [-0.1, -0.05) is 133 Å². The van der Waals surface area contributed by atoms with Crippen LogP contribution in [0.3, 0.4) is 0 Å². The number of aliphatic hydroxyl groups excluding tert-OH is 1. The molecule has 2 aliphatic rings. The van der Waals surface area contributed by atoms with Gasteiger partial charge in [0, 0.05) is 12.8 Å². The van der Waals surface area contributed by atoms with Crippen LogP contribution in [0.5, 0.6) is 0 Å². The van der Waals surface area contributed by atoms with Crippen molar-refractivity contribution in [3.63, 3.8) is 0 Å². The smallest absolute Gasteiger partial charge is 0.261 e. The Morgan fingerprint density at radius 3 is 1.85 bits per heavy atom. The van der Waals surface area contributed by atoms with Gasteiger partial charge in [-0.2, -0.15) is 0 Å². The van der Waals surface area contributed by atoms with Gasteiger partial charge in [0.2, 0.25) is 0 Å². The number of aliphatic hydroxyl groups is 1. The van der Waals surface area contributed by atoms with E-state index >= 15 is 0 Å². The molecule has 0 spiro atoms. The molecule has 0 aliphatic carbocycles. The van der Waals surface area contributed by atoms with E-state index in [2.05, 4.69) is 126 Å². The first kappa shape index (κ1) is 37.1. The quantitative estimate of drug-likeness (QED) is 0.126. The summed E-state index contributed by atoms with van der Waals surface area (Å²) in [6, 6.07) is 35.1. The molecule has 48 heavy (non-hydrogen) atoms. The maximum atomic E-state index is 10.1. The molecule has 0 unspecified atom stereocenters. The Balaban J connectivity index is 1.49. The van der Waals surface area contributed by atoms with Crippen LogP contribution in [0.2, 0.25) is 23.2 Å². The predicted octanol–water partition coefficient (Wildman–Crippen LogP) is 7.24. The Bertz CT molecular complexity index is 1350. The first-order valence-electron chi connectivity index (χ1n) is 18.1. The van der Waals surface area contributed by atoms with E-state index in [9.17, 15) is 5.11 Å². The Morgan fingerprint density at radius 2 is 1.38 bits per heavy atom. The molecule has 2 aliphatic heterocycles. The second-order valence-electron chi connectivity index (χ2n) is 15.0. The summed E-state index contributed by atoms with van der Waals surface area (Å²) in [6.45, 7) is 16.7. The van der Waals surface area contributed by atoms with Gasteiger partial charge in [-0.25, -0.2) is 0 Å². The molecule has 2 saturated heterocycles. The SMILES string of the molecule is CC[Si](CC)(CC)O[C@H]1[C@@H](OCc2ccccc2)C[C@@H](CO[Si](c2ccccc2)(c2ccccc2)C(C)(C)C)O[C@@H]1C[C@@H]1O[C@@]1(C)CO. The first-order valence-corrected chi connectivity index (χ1v) is 22.5. The van der Waals surface area contributed by atoms with E-state index in [0.29, 0.717) is 26.1 Å². The molecule has 2 fully saturated rings. The number of ether oxygens (including phenoxy) is 3. The standard InChI is InChI=1S/C40H58O6Si2/c1-8-47(9-2,10-3)46-38-35(42-28-31-20-14-11-15-21-31)26-32(44-36(38)27-37-40(7,30-41)45-37)29-43-48(39(4,5)6,33-22-16-12-17-23-33)34-24-18-13-19-25-34/h11-25,32,35-38,41H,8-10,26-30H2,1-7H3/t32-,35-,36+,37-,38-,40-/m0/s1. The molecule has 3 aromatic rings. The van der Waals surface area contributed by atoms with E-state index in [0.717, 1.165) is 23.7 Å². The van der Waals surface area contributed by atoms with Crippen molar-refractivity contribution in [2.45, 2.75) is 127 Å². The number of epoxide rings is 1. The summed E-state index contributed by atoms with van der Waals surface area (Å²) in [4.78, 5) is 0. The van der Waals surface area contributed by atoms with E-state index < -0.39 is 22.2 Å². The third-order valence-corrected chi connectivity index (χ3v) is 20.6. The van der Waals surface area contributed by atoms with Gasteiger partial charge in [0.25, 0.3) is 8.32 Å². The van der Waals surface area contributed by atoms with Crippen LogP contribution < -0.4 is 10.4 Å². The molecule has 0 aromatic heterocycles. The number of benzene rings is 3. The van der Waals surface area contributed by atoms with E-state index in [4.69, 9.17) is 23.1 Å². The number of rotatable bonds is 16. The average molecular weight is 691 g/mol. The highest BCUT2D eigenvalue weighted by molar-refractivity contribution is 6.99. The molecule has 0 saturated carbocycles. The Morgan fingerprint density at radius 1 is 0.833 bits per heavy atom. The van der Waals surface area contributed by atoms with Crippen molar-refractivity contribution in [1.82, 2.24) is 0 Å². The normalized spacial score (nSPS) is 26.4. The summed E-state index contributed by atoms with van der Waals surface area (Å²) in [5.74, 6) is 0. The number of hydrogen-bond acceptors (Lipinski definition) is 6. The predicted molar refractivity (Wildman–Crippen MR) is 199 cm³/mol. The van der Waals surface area contributed by atoms with Crippen LogP contribution in [-0.4, -0.2) is 71.1 Å². The molecule has 6 nitrogen and oxygen atoms in total. The van der Waals surface area contributed by atoms with Crippen molar-refractivity contribution in [3.8, 4) is 0 Å². The summed E-state index contributed by atoms with van der Waals surface area (Å²) in [5.41, 5.74) is 0.601. The lowest BCUT2D eigenvalue weighted by molar-refractivity contribution is -0.190. The van der Waals surface area contributed by atoms with E-state index in [1.165, 1.54) is 10.4 Å². The fourth-order valence-electron chi connectivity index (χ4n) is 7.61.